The average Bonchev–Trinajstić information content (AvgIpc) is 3.30. The lowest BCUT2D eigenvalue weighted by Crippen LogP contribution is -2.13. The van der Waals surface area contributed by atoms with Gasteiger partial charge in [0.05, 0.1) is 6.20 Å². The van der Waals surface area contributed by atoms with E-state index in [2.05, 4.69) is 25.6 Å². The molecule has 1 fully saturated rings. The number of rotatable bonds is 4. The minimum absolute atomic E-state index is 0.0354. The minimum Gasteiger partial charge on any atom is -0.309 e. The van der Waals surface area contributed by atoms with E-state index >= 15 is 0 Å². The predicted molar refractivity (Wildman–Crippen MR) is 99.6 cm³/mol. The molecule has 1 amide bonds. The topological polar surface area (TPSA) is 89.5 Å². The number of amides is 1. The number of hydrogen-bond acceptors (Lipinski definition) is 6. The summed E-state index contributed by atoms with van der Waals surface area (Å²) in [5, 5.41) is 17.3. The van der Waals surface area contributed by atoms with Gasteiger partial charge in [-0.15, -0.1) is 10.2 Å². The Hall–Kier alpha value is -2.88. The lowest BCUT2D eigenvalue weighted by atomic mass is 9.98. The maximum Gasteiger partial charge on any atom is 0.228 e. The molecule has 1 N–H and O–H groups in total. The van der Waals surface area contributed by atoms with Crippen molar-refractivity contribution in [2.75, 3.05) is 5.32 Å². The minimum atomic E-state index is 0.0354. The SMILES string of the molecule is Bc1ccn2c(Sc3ccc4nc(NC(=O)C5CC5)cn4n3)nnc2c1. The molecule has 0 saturated heterocycles. The molecule has 4 aromatic heterocycles. The fourth-order valence-corrected chi connectivity index (χ4v) is 3.47. The molecule has 1 saturated carbocycles. The Morgan fingerprint density at radius 1 is 1.23 bits per heavy atom. The number of nitrogens with one attached hydrogen (secondary N) is 1. The van der Waals surface area contributed by atoms with Crippen LogP contribution in [0.1, 0.15) is 12.8 Å². The Balaban J connectivity index is 1.42. The van der Waals surface area contributed by atoms with Crippen molar-refractivity contribution in [1.29, 1.82) is 0 Å². The van der Waals surface area contributed by atoms with Gasteiger partial charge in [0, 0.05) is 12.1 Å². The third-order valence-electron chi connectivity index (χ3n) is 4.23. The van der Waals surface area contributed by atoms with Gasteiger partial charge in [-0.25, -0.2) is 9.50 Å². The monoisotopic (exact) mass is 363 g/mol. The molecular formula is C16H14BN7OS. The first-order valence-electron chi connectivity index (χ1n) is 8.32. The summed E-state index contributed by atoms with van der Waals surface area (Å²) in [6, 6.07) is 7.75. The van der Waals surface area contributed by atoms with E-state index in [1.165, 1.54) is 11.8 Å². The van der Waals surface area contributed by atoms with Crippen LogP contribution in [-0.4, -0.2) is 42.9 Å². The van der Waals surface area contributed by atoms with Crippen LogP contribution in [0, 0.1) is 5.92 Å². The third kappa shape index (κ3) is 2.82. The van der Waals surface area contributed by atoms with Gasteiger partial charge in [-0.2, -0.15) is 5.10 Å². The van der Waals surface area contributed by atoms with Crippen molar-refractivity contribution in [2.45, 2.75) is 23.0 Å². The molecule has 4 aromatic rings. The van der Waals surface area contributed by atoms with Gasteiger partial charge >= 0.3 is 0 Å². The maximum atomic E-state index is 11.9. The van der Waals surface area contributed by atoms with Crippen molar-refractivity contribution < 1.29 is 4.79 Å². The first-order chi connectivity index (χ1) is 12.7. The van der Waals surface area contributed by atoms with Crippen molar-refractivity contribution >= 4 is 48.1 Å². The van der Waals surface area contributed by atoms with Crippen LogP contribution >= 0.6 is 11.8 Å². The second kappa shape index (κ2) is 5.84. The van der Waals surface area contributed by atoms with Crippen molar-refractivity contribution in [3.05, 3.63) is 36.7 Å². The number of carbonyl (C=O) groups excluding carboxylic acids is 1. The molecule has 26 heavy (non-hydrogen) atoms. The Morgan fingerprint density at radius 3 is 2.96 bits per heavy atom. The molecule has 0 bridgehead atoms. The Labute approximate surface area is 153 Å². The fourth-order valence-electron chi connectivity index (χ4n) is 2.69. The predicted octanol–water partition coefficient (Wildman–Crippen LogP) is 0.530. The summed E-state index contributed by atoms with van der Waals surface area (Å²) < 4.78 is 3.59. The number of aromatic nitrogens is 6. The molecule has 0 aliphatic heterocycles. The molecule has 5 rings (SSSR count). The number of hydrogen-bond donors (Lipinski definition) is 1. The fraction of sp³-hybridized carbons (Fsp3) is 0.188. The highest BCUT2D eigenvalue weighted by Crippen LogP contribution is 2.30. The second-order valence-electron chi connectivity index (χ2n) is 6.38. The average molecular weight is 363 g/mol. The van der Waals surface area contributed by atoms with Crippen LogP contribution < -0.4 is 10.8 Å². The summed E-state index contributed by atoms with van der Waals surface area (Å²) >= 11 is 1.42. The van der Waals surface area contributed by atoms with Gasteiger partial charge in [0.25, 0.3) is 0 Å². The molecular weight excluding hydrogens is 349 g/mol. The maximum absolute atomic E-state index is 11.9. The summed E-state index contributed by atoms with van der Waals surface area (Å²) in [4.78, 5) is 16.3. The molecule has 0 unspecified atom stereocenters. The quantitative estimate of drug-likeness (QED) is 0.532. The molecule has 8 nitrogen and oxygen atoms in total. The zero-order chi connectivity index (χ0) is 17.7. The molecule has 0 atom stereocenters. The van der Waals surface area contributed by atoms with Crippen LogP contribution in [0.5, 0.6) is 0 Å². The van der Waals surface area contributed by atoms with E-state index in [0.29, 0.717) is 11.5 Å². The largest absolute Gasteiger partial charge is 0.309 e. The number of pyridine rings is 1. The zero-order valence-electron chi connectivity index (χ0n) is 14.0. The highest BCUT2D eigenvalue weighted by Gasteiger charge is 2.30. The normalized spacial score (nSPS) is 14.2. The van der Waals surface area contributed by atoms with E-state index < -0.39 is 0 Å². The first kappa shape index (κ1) is 15.4. The smallest absolute Gasteiger partial charge is 0.228 e. The van der Waals surface area contributed by atoms with Gasteiger partial charge in [0.15, 0.2) is 17.1 Å². The van der Waals surface area contributed by atoms with Gasteiger partial charge in [-0.05, 0) is 42.8 Å². The third-order valence-corrected chi connectivity index (χ3v) is 5.11. The van der Waals surface area contributed by atoms with Crippen LogP contribution in [-0.2, 0) is 4.79 Å². The summed E-state index contributed by atoms with van der Waals surface area (Å²) in [6.45, 7) is 0. The van der Waals surface area contributed by atoms with Gasteiger partial charge < -0.3 is 5.32 Å². The molecule has 1 aliphatic carbocycles. The van der Waals surface area contributed by atoms with Crippen molar-refractivity contribution in [3.8, 4) is 0 Å². The van der Waals surface area contributed by atoms with Crippen molar-refractivity contribution in [1.82, 2.24) is 29.2 Å². The van der Waals surface area contributed by atoms with Gasteiger partial charge in [-0.1, -0.05) is 11.5 Å². The number of nitrogens with zero attached hydrogens (tertiary/aromatic N) is 6. The van der Waals surface area contributed by atoms with Crippen LogP contribution in [0.2, 0.25) is 0 Å². The van der Waals surface area contributed by atoms with Gasteiger partial charge in [0.1, 0.15) is 12.9 Å². The molecule has 1 aliphatic rings. The van der Waals surface area contributed by atoms with E-state index in [9.17, 15) is 4.79 Å². The summed E-state index contributed by atoms with van der Waals surface area (Å²) in [5.74, 6) is 0.705. The molecule has 128 valence electrons. The van der Waals surface area contributed by atoms with E-state index in [1.807, 2.05) is 42.7 Å². The summed E-state index contributed by atoms with van der Waals surface area (Å²) in [5.41, 5.74) is 2.63. The van der Waals surface area contributed by atoms with E-state index in [-0.39, 0.29) is 11.8 Å². The van der Waals surface area contributed by atoms with E-state index in [0.717, 1.165) is 34.1 Å². The molecule has 0 spiro atoms. The molecule has 4 heterocycles. The standard InChI is InChI=1S/C16H14BN7OS/c17-10-5-6-23-13(7-10)20-21-16(23)26-14-4-3-12-18-11(8-24(12)22-14)19-15(25)9-1-2-9/h3-9H,1-2,17H2,(H,19,25). The van der Waals surface area contributed by atoms with Crippen molar-refractivity contribution in [2.24, 2.45) is 5.92 Å². The summed E-state index contributed by atoms with van der Waals surface area (Å²) in [7, 11) is 2.02. The summed E-state index contributed by atoms with van der Waals surface area (Å²) in [6.07, 6.45) is 5.60. The van der Waals surface area contributed by atoms with Crippen LogP contribution in [0.15, 0.2) is 46.8 Å². The number of fused-ring (bicyclic) bond motifs is 2. The van der Waals surface area contributed by atoms with Gasteiger partial charge in [-0.3, -0.25) is 9.20 Å². The van der Waals surface area contributed by atoms with Crippen LogP contribution in [0.25, 0.3) is 11.3 Å². The van der Waals surface area contributed by atoms with Gasteiger partial charge in [0.2, 0.25) is 11.1 Å². The first-order valence-corrected chi connectivity index (χ1v) is 9.14. The van der Waals surface area contributed by atoms with Crippen molar-refractivity contribution in [3.63, 3.8) is 0 Å². The zero-order valence-corrected chi connectivity index (χ0v) is 14.8. The lowest BCUT2D eigenvalue weighted by molar-refractivity contribution is -0.117. The Morgan fingerprint density at radius 2 is 2.12 bits per heavy atom. The molecule has 0 radical (unpaired) electrons. The second-order valence-corrected chi connectivity index (χ2v) is 7.37. The molecule has 0 aromatic carbocycles. The highest BCUT2D eigenvalue weighted by atomic mass is 32.2. The highest BCUT2D eigenvalue weighted by molar-refractivity contribution is 7.99. The van der Waals surface area contributed by atoms with Crippen LogP contribution in [0.4, 0.5) is 5.82 Å². The Bertz CT molecular complexity index is 1150. The lowest BCUT2D eigenvalue weighted by Gasteiger charge is -2.00. The molecule has 10 heteroatoms. The van der Waals surface area contributed by atoms with E-state index in [4.69, 9.17) is 0 Å². The van der Waals surface area contributed by atoms with E-state index in [1.54, 1.807) is 10.7 Å². The number of imidazole rings is 1. The van der Waals surface area contributed by atoms with Crippen LogP contribution in [0.3, 0.4) is 0 Å². The Kier molecular flexibility index (Phi) is 3.45. The number of anilines is 1. The number of carbonyl (C=O) groups is 1.